The van der Waals surface area contributed by atoms with Gasteiger partial charge >= 0.3 is 0 Å². The Morgan fingerprint density at radius 2 is 2.12 bits per heavy atom. The van der Waals surface area contributed by atoms with Crippen LogP contribution in [0.2, 0.25) is 0 Å². The van der Waals surface area contributed by atoms with Gasteiger partial charge in [0.2, 0.25) is 5.95 Å². The van der Waals surface area contributed by atoms with Gasteiger partial charge in [-0.2, -0.15) is 0 Å². The van der Waals surface area contributed by atoms with Gasteiger partial charge in [0.25, 0.3) is 0 Å². The highest BCUT2D eigenvalue weighted by atomic mass is 16.5. The summed E-state index contributed by atoms with van der Waals surface area (Å²) in [5.41, 5.74) is 2.09. The van der Waals surface area contributed by atoms with Crippen LogP contribution in [0.15, 0.2) is 24.3 Å². The highest BCUT2D eigenvalue weighted by Gasteiger charge is 2.08. The Morgan fingerprint density at radius 3 is 2.82 bits per heavy atom. The van der Waals surface area contributed by atoms with E-state index in [2.05, 4.69) is 21.8 Å². The van der Waals surface area contributed by atoms with E-state index in [0.717, 1.165) is 43.3 Å². The maximum absolute atomic E-state index is 5.38. The lowest BCUT2D eigenvalue weighted by Crippen LogP contribution is -2.28. The number of hydrogen-bond donors (Lipinski definition) is 1. The maximum atomic E-state index is 5.38. The van der Waals surface area contributed by atoms with E-state index >= 15 is 0 Å². The van der Waals surface area contributed by atoms with Crippen LogP contribution < -0.4 is 4.90 Å². The van der Waals surface area contributed by atoms with E-state index in [9.17, 15) is 0 Å². The molecule has 1 N–H and O–H groups in total. The van der Waals surface area contributed by atoms with Crippen LogP contribution in [0.4, 0.5) is 5.95 Å². The van der Waals surface area contributed by atoms with Gasteiger partial charge in [-0.25, -0.2) is 4.98 Å². The minimum absolute atomic E-state index is 0.737. The van der Waals surface area contributed by atoms with Crippen molar-refractivity contribution in [1.29, 1.82) is 0 Å². The number of fused-ring (bicyclic) bond motifs is 1. The monoisotopic (exact) mass is 233 g/mol. The summed E-state index contributed by atoms with van der Waals surface area (Å²) in [6.45, 7) is 7.42. The number of aromatic amines is 1. The predicted molar refractivity (Wildman–Crippen MR) is 70.5 cm³/mol. The summed E-state index contributed by atoms with van der Waals surface area (Å²) in [4.78, 5) is 10.1. The van der Waals surface area contributed by atoms with Crippen molar-refractivity contribution in [1.82, 2.24) is 9.97 Å². The standard InChI is InChI=1S/C13H19N3O/c1-3-16(9-10-17-4-2)13-14-11-7-5-6-8-12(11)15-13/h5-8H,3-4,9-10H2,1-2H3,(H,14,15). The molecule has 0 unspecified atom stereocenters. The number of nitrogens with zero attached hydrogens (tertiary/aromatic N) is 2. The summed E-state index contributed by atoms with van der Waals surface area (Å²) in [5.74, 6) is 0.924. The average molecular weight is 233 g/mol. The lowest BCUT2D eigenvalue weighted by molar-refractivity contribution is 0.154. The molecule has 0 fully saturated rings. The molecule has 4 nitrogen and oxygen atoms in total. The zero-order valence-corrected chi connectivity index (χ0v) is 10.4. The first-order valence-electron chi connectivity index (χ1n) is 6.12. The number of anilines is 1. The van der Waals surface area contributed by atoms with Crippen LogP contribution >= 0.6 is 0 Å². The molecule has 0 amide bonds. The van der Waals surface area contributed by atoms with E-state index in [-0.39, 0.29) is 0 Å². The number of ether oxygens (including phenoxy) is 1. The molecule has 0 saturated carbocycles. The van der Waals surface area contributed by atoms with Crippen molar-refractivity contribution in [2.24, 2.45) is 0 Å². The van der Waals surface area contributed by atoms with Crippen molar-refractivity contribution >= 4 is 17.0 Å². The third-order valence-electron chi connectivity index (χ3n) is 2.77. The van der Waals surface area contributed by atoms with Gasteiger partial charge in [0.15, 0.2) is 0 Å². The fourth-order valence-electron chi connectivity index (χ4n) is 1.82. The molecule has 2 rings (SSSR count). The molecule has 0 bridgehead atoms. The zero-order chi connectivity index (χ0) is 12.1. The van der Waals surface area contributed by atoms with Gasteiger partial charge in [0.1, 0.15) is 0 Å². The molecule has 0 aliphatic rings. The molecule has 0 atom stereocenters. The Bertz CT molecular complexity index is 433. The largest absolute Gasteiger partial charge is 0.380 e. The molecule has 0 spiro atoms. The summed E-state index contributed by atoms with van der Waals surface area (Å²) < 4.78 is 5.38. The summed E-state index contributed by atoms with van der Waals surface area (Å²) >= 11 is 0. The smallest absolute Gasteiger partial charge is 0.203 e. The predicted octanol–water partition coefficient (Wildman–Crippen LogP) is 2.43. The van der Waals surface area contributed by atoms with Gasteiger partial charge in [-0.15, -0.1) is 0 Å². The summed E-state index contributed by atoms with van der Waals surface area (Å²) in [5, 5.41) is 0. The van der Waals surface area contributed by atoms with Gasteiger partial charge in [0.05, 0.1) is 17.6 Å². The quantitative estimate of drug-likeness (QED) is 0.779. The lowest BCUT2D eigenvalue weighted by Gasteiger charge is -2.19. The number of benzene rings is 1. The normalized spacial score (nSPS) is 10.9. The van der Waals surface area contributed by atoms with Gasteiger partial charge in [-0.05, 0) is 26.0 Å². The number of likely N-dealkylation sites (N-methyl/N-ethyl adjacent to an activating group) is 1. The third kappa shape index (κ3) is 2.77. The molecule has 4 heteroatoms. The number of rotatable bonds is 6. The van der Waals surface area contributed by atoms with E-state index in [0.29, 0.717) is 0 Å². The van der Waals surface area contributed by atoms with E-state index in [1.165, 1.54) is 0 Å². The molecule has 1 aromatic heterocycles. The van der Waals surface area contributed by atoms with E-state index in [1.54, 1.807) is 0 Å². The summed E-state index contributed by atoms with van der Waals surface area (Å²) in [6, 6.07) is 8.08. The lowest BCUT2D eigenvalue weighted by atomic mass is 10.3. The van der Waals surface area contributed by atoms with Gasteiger partial charge in [-0.1, -0.05) is 12.1 Å². The molecule has 2 aromatic rings. The summed E-state index contributed by atoms with van der Waals surface area (Å²) in [7, 11) is 0. The second kappa shape index (κ2) is 5.68. The van der Waals surface area contributed by atoms with Crippen molar-refractivity contribution < 1.29 is 4.74 Å². The van der Waals surface area contributed by atoms with Crippen LogP contribution in [0.5, 0.6) is 0 Å². The SMILES string of the molecule is CCOCCN(CC)c1nc2ccccc2[nH]1. The highest BCUT2D eigenvalue weighted by Crippen LogP contribution is 2.16. The van der Waals surface area contributed by atoms with Crippen molar-refractivity contribution in [3.8, 4) is 0 Å². The van der Waals surface area contributed by atoms with Crippen molar-refractivity contribution in [2.75, 3.05) is 31.2 Å². The van der Waals surface area contributed by atoms with Gasteiger partial charge in [0, 0.05) is 19.7 Å². The fraction of sp³-hybridized carbons (Fsp3) is 0.462. The van der Waals surface area contributed by atoms with Crippen LogP contribution in [-0.2, 0) is 4.74 Å². The molecule has 0 aliphatic carbocycles. The Morgan fingerprint density at radius 1 is 1.29 bits per heavy atom. The van der Waals surface area contributed by atoms with E-state index in [4.69, 9.17) is 4.74 Å². The maximum Gasteiger partial charge on any atom is 0.203 e. The molecular weight excluding hydrogens is 214 g/mol. The van der Waals surface area contributed by atoms with Crippen LogP contribution in [0.3, 0.4) is 0 Å². The fourth-order valence-corrected chi connectivity index (χ4v) is 1.82. The molecule has 0 radical (unpaired) electrons. The number of para-hydroxylation sites is 2. The first-order valence-corrected chi connectivity index (χ1v) is 6.12. The first-order chi connectivity index (χ1) is 8.35. The molecular formula is C13H19N3O. The minimum Gasteiger partial charge on any atom is -0.380 e. The number of H-pyrrole nitrogens is 1. The minimum atomic E-state index is 0.737. The van der Waals surface area contributed by atoms with Gasteiger partial charge in [-0.3, -0.25) is 0 Å². The van der Waals surface area contributed by atoms with Crippen molar-refractivity contribution in [2.45, 2.75) is 13.8 Å². The number of aromatic nitrogens is 2. The average Bonchev–Trinajstić information content (AvgIpc) is 2.78. The van der Waals surface area contributed by atoms with Crippen molar-refractivity contribution in [3.05, 3.63) is 24.3 Å². The first kappa shape index (κ1) is 11.9. The number of hydrogen-bond acceptors (Lipinski definition) is 3. The Hall–Kier alpha value is -1.55. The molecule has 0 aliphatic heterocycles. The number of imidazole rings is 1. The second-order valence-corrected chi connectivity index (χ2v) is 3.85. The molecule has 17 heavy (non-hydrogen) atoms. The number of nitrogens with one attached hydrogen (secondary N) is 1. The summed E-state index contributed by atoms with van der Waals surface area (Å²) in [6.07, 6.45) is 0. The Labute approximate surface area is 102 Å². The second-order valence-electron chi connectivity index (χ2n) is 3.85. The molecule has 1 heterocycles. The van der Waals surface area contributed by atoms with Crippen molar-refractivity contribution in [3.63, 3.8) is 0 Å². The molecule has 92 valence electrons. The van der Waals surface area contributed by atoms with Crippen LogP contribution in [-0.4, -0.2) is 36.3 Å². The topological polar surface area (TPSA) is 41.1 Å². The Kier molecular flexibility index (Phi) is 3.98. The van der Waals surface area contributed by atoms with Gasteiger partial charge < -0.3 is 14.6 Å². The molecule has 1 aromatic carbocycles. The Balaban J connectivity index is 2.12. The van der Waals surface area contributed by atoms with Crippen LogP contribution in [0, 0.1) is 0 Å². The zero-order valence-electron chi connectivity index (χ0n) is 10.4. The highest BCUT2D eigenvalue weighted by molar-refractivity contribution is 5.77. The van der Waals surface area contributed by atoms with Crippen LogP contribution in [0.1, 0.15) is 13.8 Å². The third-order valence-corrected chi connectivity index (χ3v) is 2.77. The van der Waals surface area contributed by atoms with Crippen LogP contribution in [0.25, 0.3) is 11.0 Å². The van der Waals surface area contributed by atoms with E-state index < -0.39 is 0 Å². The van der Waals surface area contributed by atoms with E-state index in [1.807, 2.05) is 31.2 Å². The molecule has 0 saturated heterocycles.